The highest BCUT2D eigenvalue weighted by Gasteiger charge is 2.33. The second-order valence-electron chi connectivity index (χ2n) is 35.1. The SMILES string of the molecule is C=CC(=O)Cc1cccc(C)c1Nc1ncc2cc(-c3c(Cl)c(OC)cc(OC)c3Cl)c(=O)n(CCC3CN(C(=O)C=C)CCN3C)c2n1.C=CC(=O)Cc1cccc(C)c1Nc1ncc2cc(-c3c(Cl)c(OC)cc(OC)c3Cl)c(=O)n(CCCN3CCN(C(=O)C#CC)CC3)c2n1.C=CC(=O)Cc1cccc(C)c1Nc1ncc2cc(-c3c(Cl)c(OC)cc(OC)c3Cl)c(=O)n(CCCN3CCN(C(=O)C=C)CC3)c2n1. The molecule has 12 aromatic rings. The van der Waals surface area contributed by atoms with E-state index in [1.54, 1.807) is 90.3 Å². The first kappa shape index (κ1) is 111. The van der Waals surface area contributed by atoms with Crippen LogP contribution in [0.3, 0.4) is 0 Å². The molecule has 3 aliphatic heterocycles. The molecule has 15 rings (SSSR count). The van der Waals surface area contributed by atoms with E-state index in [9.17, 15) is 43.2 Å². The molecule has 39 heteroatoms. The van der Waals surface area contributed by atoms with Gasteiger partial charge in [0.05, 0.1) is 89.5 Å². The van der Waals surface area contributed by atoms with Crippen LogP contribution in [0.15, 0.2) is 187 Å². The van der Waals surface area contributed by atoms with Gasteiger partial charge in [0, 0.05) is 204 Å². The van der Waals surface area contributed by atoms with Crippen LogP contribution < -0.4 is 61.0 Å². The minimum Gasteiger partial charge on any atom is -0.495 e. The molecule has 148 heavy (non-hydrogen) atoms. The number of amides is 3. The number of benzene rings is 6. The fourth-order valence-corrected chi connectivity index (χ4v) is 20.0. The Labute approximate surface area is 886 Å². The van der Waals surface area contributed by atoms with Gasteiger partial charge in [0.15, 0.2) is 17.3 Å². The van der Waals surface area contributed by atoms with E-state index in [1.165, 1.54) is 73.0 Å². The molecule has 3 aliphatic rings. The molecule has 3 N–H and O–H groups in total. The predicted octanol–water partition coefficient (Wildman–Crippen LogP) is 17.4. The van der Waals surface area contributed by atoms with Crippen molar-refractivity contribution in [3.8, 4) is 79.7 Å². The van der Waals surface area contributed by atoms with Crippen molar-refractivity contribution in [1.82, 2.24) is 73.0 Å². The number of carbonyl (C=O) groups excluding carboxylic acids is 6. The van der Waals surface area contributed by atoms with E-state index in [0.29, 0.717) is 202 Å². The van der Waals surface area contributed by atoms with Crippen LogP contribution in [0.5, 0.6) is 34.5 Å². The number of pyridine rings is 3. The maximum atomic E-state index is 14.5. The molecular formula is C109H114Cl6N18O15. The standard InChI is InChI=1S/C37H38Cl2N6O5.2C36H38Cl2N6O5/c1-6-10-30(47)44-17-15-43(16-18-44)13-9-14-45-35-25(20-27(36(45)48)31-32(38)28(49-4)21-29(50-5)33(31)39)22-40-37(42-35)41-34-23(3)11-8-12-24(34)19-26(46)7-2;1-7-25(45)16-22-11-9-10-21(3)33(22)40-36-39-19-23-17-26(30-31(37)27(48-5)18-28(49-6)32(30)38)35(47)44(34(23)41-36)13-12-24-20-43(29(46)8-2)15-14-42(24)4;1-6-25(45)18-23-11-8-10-22(3)33(23)40-36-39-21-24-19-26(30-31(37)27(48-4)20-28(49-5)32(30)38)35(47)44(34(24)41-36)13-9-12-42-14-16-43(17-15-42)29(46)7-2/h7-8,11-12,20-22H,2,9,13-19H2,1,3-5H3,(H,40,41,42);7-11,17-19,24H,1-2,12-16,20H2,3-6H3,(H,39,40,41);6-8,10-11,19-21H,1-2,9,12-18H2,3-5H3,(H,39,40,41). The van der Waals surface area contributed by atoms with Crippen molar-refractivity contribution in [3.63, 3.8) is 0 Å². The second kappa shape index (κ2) is 50.9. The highest BCUT2D eigenvalue weighted by Crippen LogP contribution is 2.49. The smallest absolute Gasteiger partial charge is 0.298 e. The van der Waals surface area contributed by atoms with Gasteiger partial charge in [-0.3, -0.25) is 71.6 Å². The van der Waals surface area contributed by atoms with Crippen molar-refractivity contribution in [2.75, 3.05) is 151 Å². The van der Waals surface area contributed by atoms with Gasteiger partial charge in [-0.15, -0.1) is 0 Å². The average molecular weight is 2130 g/mol. The summed E-state index contributed by atoms with van der Waals surface area (Å²) in [6.45, 7) is 34.7. The number of allylic oxidation sites excluding steroid dienone is 3. The van der Waals surface area contributed by atoms with Crippen molar-refractivity contribution >= 4 is 173 Å². The van der Waals surface area contributed by atoms with E-state index >= 15 is 0 Å². The number of piperazine rings is 3. The van der Waals surface area contributed by atoms with Crippen molar-refractivity contribution in [1.29, 1.82) is 0 Å². The first-order valence-electron chi connectivity index (χ1n) is 47.4. The minimum absolute atomic E-state index is 0.0382. The fourth-order valence-electron chi connectivity index (χ4n) is 17.9. The molecular weight excluding hydrogens is 2010 g/mol. The molecule has 3 fully saturated rings. The molecule has 0 spiro atoms. The van der Waals surface area contributed by atoms with Crippen molar-refractivity contribution in [3.05, 3.63) is 267 Å². The number of likely N-dealkylation sites (N-methyl/N-ethyl adjacent to an activating group) is 1. The highest BCUT2D eigenvalue weighted by atomic mass is 35.5. The molecule has 0 saturated carbocycles. The molecule has 33 nitrogen and oxygen atoms in total. The highest BCUT2D eigenvalue weighted by molar-refractivity contribution is 6.43. The summed E-state index contributed by atoms with van der Waals surface area (Å²) in [4.78, 5) is 157. The number of fused-ring (bicyclic) bond motifs is 3. The Balaban J connectivity index is 0.000000185. The van der Waals surface area contributed by atoms with Gasteiger partial charge in [0.2, 0.25) is 29.7 Å². The molecule has 6 aromatic heterocycles. The number of nitrogens with zero attached hydrogens (tertiary/aromatic N) is 15. The number of aryl methyl sites for hydroxylation is 6. The Morgan fingerprint density at radius 3 is 1.01 bits per heavy atom. The number of hydrogen-bond donors (Lipinski definition) is 3. The quantitative estimate of drug-likeness (QED) is 0.0240. The molecule has 1 unspecified atom stereocenters. The van der Waals surface area contributed by atoms with Crippen LogP contribution in [-0.2, 0) is 67.7 Å². The van der Waals surface area contributed by atoms with Crippen LogP contribution in [0.4, 0.5) is 34.9 Å². The molecule has 772 valence electrons. The van der Waals surface area contributed by atoms with Crippen LogP contribution in [0.1, 0.15) is 59.6 Å². The van der Waals surface area contributed by atoms with E-state index in [0.717, 1.165) is 33.4 Å². The third kappa shape index (κ3) is 25.4. The van der Waals surface area contributed by atoms with E-state index in [1.807, 2.05) is 82.4 Å². The third-order valence-corrected chi connectivity index (χ3v) is 28.2. The number of carbonyl (C=O) groups is 6. The van der Waals surface area contributed by atoms with E-state index in [4.69, 9.17) is 113 Å². The Morgan fingerprint density at radius 2 is 0.709 bits per heavy atom. The Kier molecular flexibility index (Phi) is 38.1. The Morgan fingerprint density at radius 1 is 0.405 bits per heavy atom. The van der Waals surface area contributed by atoms with Crippen LogP contribution >= 0.6 is 69.6 Å². The monoisotopic (exact) mass is 2120 g/mol. The molecule has 0 bridgehead atoms. The lowest BCUT2D eigenvalue weighted by Crippen LogP contribution is -2.53. The number of aromatic nitrogens is 9. The Bertz CT molecular complexity index is 7370. The predicted molar refractivity (Wildman–Crippen MR) is 584 cm³/mol. The average Bonchev–Trinajstić information content (AvgIpc) is 0.754. The van der Waals surface area contributed by atoms with Gasteiger partial charge in [-0.05, 0) is 155 Å². The van der Waals surface area contributed by atoms with Gasteiger partial charge < -0.3 is 59.1 Å². The van der Waals surface area contributed by atoms with E-state index in [-0.39, 0.29) is 165 Å². The maximum absolute atomic E-state index is 14.5. The molecule has 3 amide bonds. The largest absolute Gasteiger partial charge is 0.495 e. The molecule has 0 aliphatic carbocycles. The minimum atomic E-state index is -0.387. The molecule has 0 radical (unpaired) electrons. The van der Waals surface area contributed by atoms with Gasteiger partial charge in [-0.2, -0.15) is 15.0 Å². The first-order chi connectivity index (χ1) is 71.2. The number of para-hydroxylation sites is 3. The van der Waals surface area contributed by atoms with Gasteiger partial charge in [-0.25, -0.2) is 15.0 Å². The number of methoxy groups -OCH3 is 6. The van der Waals surface area contributed by atoms with Gasteiger partial charge in [0.25, 0.3) is 22.6 Å². The summed E-state index contributed by atoms with van der Waals surface area (Å²) in [6.07, 6.45) is 13.7. The summed E-state index contributed by atoms with van der Waals surface area (Å²) >= 11 is 40.7. The lowest BCUT2D eigenvalue weighted by molar-refractivity contribution is -0.129. The van der Waals surface area contributed by atoms with Gasteiger partial charge >= 0.3 is 0 Å². The van der Waals surface area contributed by atoms with E-state index < -0.39 is 0 Å². The number of ketones is 3. The van der Waals surface area contributed by atoms with Crippen LogP contribution in [0.2, 0.25) is 30.1 Å². The zero-order chi connectivity index (χ0) is 107. The number of rotatable bonds is 37. The summed E-state index contributed by atoms with van der Waals surface area (Å²) in [5.74, 6) is 7.10. The maximum Gasteiger partial charge on any atom is 0.298 e. The normalized spacial score (nSPS) is 13.7. The zero-order valence-electron chi connectivity index (χ0n) is 84.0. The lowest BCUT2D eigenvalue weighted by atomic mass is 10.0. The van der Waals surface area contributed by atoms with Gasteiger partial charge in [-0.1, -0.05) is 163 Å². The summed E-state index contributed by atoms with van der Waals surface area (Å²) in [5.41, 5.74) is 8.70. The number of halogens is 6. The van der Waals surface area contributed by atoms with Crippen LogP contribution in [-0.4, -0.2) is 249 Å². The van der Waals surface area contributed by atoms with Crippen molar-refractivity contribution < 1.29 is 57.2 Å². The molecule has 1 atom stereocenters. The van der Waals surface area contributed by atoms with Crippen molar-refractivity contribution in [2.45, 2.75) is 91.9 Å². The number of ether oxygens (including phenoxy) is 6. The number of hydrogen-bond acceptors (Lipinski definition) is 27. The molecule has 9 heterocycles. The second-order valence-corrected chi connectivity index (χ2v) is 37.3. The van der Waals surface area contributed by atoms with Gasteiger partial charge in [0.1, 0.15) is 51.4 Å². The first-order valence-corrected chi connectivity index (χ1v) is 49.7. The fraction of sp³-hybridized carbons (Fsp3) is 0.312. The summed E-state index contributed by atoms with van der Waals surface area (Å²) in [6, 6.07) is 26.7. The Hall–Kier alpha value is -14.3. The van der Waals surface area contributed by atoms with E-state index in [2.05, 4.69) is 90.3 Å². The molecule has 3 saturated heterocycles. The molecule has 6 aromatic carbocycles. The summed E-state index contributed by atoms with van der Waals surface area (Å²) < 4.78 is 37.6. The topological polar surface area (TPSA) is 357 Å². The number of anilines is 6. The van der Waals surface area contributed by atoms with Crippen molar-refractivity contribution in [2.24, 2.45) is 0 Å². The van der Waals surface area contributed by atoms with Crippen LogP contribution in [0, 0.1) is 32.6 Å². The lowest BCUT2D eigenvalue weighted by Gasteiger charge is -2.39. The summed E-state index contributed by atoms with van der Waals surface area (Å²) in [7, 11) is 10.8. The summed E-state index contributed by atoms with van der Waals surface area (Å²) in [5, 5.41) is 12.6. The number of nitrogens with one attached hydrogen (secondary N) is 3. The zero-order valence-corrected chi connectivity index (χ0v) is 88.6. The third-order valence-electron chi connectivity index (χ3n) is 26.0. The van der Waals surface area contributed by atoms with Crippen LogP contribution in [0.25, 0.3) is 66.5 Å².